The van der Waals surface area contributed by atoms with Gasteiger partial charge in [0.25, 0.3) is 10.0 Å². The lowest BCUT2D eigenvalue weighted by atomic mass is 10.2. The summed E-state index contributed by atoms with van der Waals surface area (Å²) in [5.41, 5.74) is 1.43. The number of anilines is 1. The van der Waals surface area contributed by atoms with Crippen LogP contribution in [0.3, 0.4) is 0 Å². The second kappa shape index (κ2) is 4.92. The predicted molar refractivity (Wildman–Crippen MR) is 81.7 cm³/mol. The van der Waals surface area contributed by atoms with E-state index in [1.165, 1.54) is 12.4 Å². The Labute approximate surface area is 122 Å². The van der Waals surface area contributed by atoms with Gasteiger partial charge < -0.3 is 4.98 Å². The first kappa shape index (κ1) is 13.7. The fourth-order valence-electron chi connectivity index (χ4n) is 2.12. The van der Waals surface area contributed by atoms with Crippen molar-refractivity contribution in [2.75, 3.05) is 4.72 Å². The maximum absolute atomic E-state index is 12.4. The molecular formula is C14H16N4O2S. The van der Waals surface area contributed by atoms with Crippen LogP contribution in [0, 0.1) is 0 Å². The van der Waals surface area contributed by atoms with Crippen molar-refractivity contribution in [1.82, 2.24) is 14.8 Å². The van der Waals surface area contributed by atoms with Gasteiger partial charge in [-0.15, -0.1) is 0 Å². The van der Waals surface area contributed by atoms with Crippen LogP contribution in [-0.4, -0.2) is 23.2 Å². The second-order valence-electron chi connectivity index (χ2n) is 5.10. The summed E-state index contributed by atoms with van der Waals surface area (Å²) >= 11 is 0. The topological polar surface area (TPSA) is 79.8 Å². The Morgan fingerprint density at radius 3 is 2.81 bits per heavy atom. The van der Waals surface area contributed by atoms with Crippen molar-refractivity contribution in [2.45, 2.75) is 24.8 Å². The number of sulfonamides is 1. The van der Waals surface area contributed by atoms with Crippen LogP contribution < -0.4 is 4.72 Å². The second-order valence-corrected chi connectivity index (χ2v) is 6.78. The first-order valence-corrected chi connectivity index (χ1v) is 8.09. The molecule has 0 bridgehead atoms. The van der Waals surface area contributed by atoms with Crippen LogP contribution in [0.25, 0.3) is 10.9 Å². The van der Waals surface area contributed by atoms with E-state index in [0.29, 0.717) is 5.69 Å². The van der Waals surface area contributed by atoms with Crippen molar-refractivity contribution in [3.8, 4) is 0 Å². The third kappa shape index (κ3) is 2.52. The van der Waals surface area contributed by atoms with E-state index < -0.39 is 10.0 Å². The first-order valence-electron chi connectivity index (χ1n) is 6.60. The molecule has 2 N–H and O–H groups in total. The summed E-state index contributed by atoms with van der Waals surface area (Å²) in [5, 5.41) is 4.90. The molecule has 3 rings (SSSR count). The van der Waals surface area contributed by atoms with E-state index in [2.05, 4.69) is 14.8 Å². The summed E-state index contributed by atoms with van der Waals surface area (Å²) in [6.45, 7) is 3.88. The summed E-state index contributed by atoms with van der Waals surface area (Å²) in [7, 11) is -3.64. The zero-order valence-corrected chi connectivity index (χ0v) is 12.6. The van der Waals surface area contributed by atoms with Gasteiger partial charge in [-0.05, 0) is 32.0 Å². The molecule has 3 aromatic rings. The molecule has 2 aromatic heterocycles. The average molecular weight is 304 g/mol. The van der Waals surface area contributed by atoms with Crippen molar-refractivity contribution in [2.24, 2.45) is 0 Å². The number of H-pyrrole nitrogens is 1. The summed E-state index contributed by atoms with van der Waals surface area (Å²) in [5.74, 6) is 0. The highest BCUT2D eigenvalue weighted by Gasteiger charge is 2.18. The smallest absolute Gasteiger partial charge is 0.265 e. The van der Waals surface area contributed by atoms with E-state index in [1.54, 1.807) is 23.0 Å². The molecule has 0 fully saturated rings. The number of rotatable bonds is 4. The summed E-state index contributed by atoms with van der Waals surface area (Å²) in [4.78, 5) is 3.21. The largest absolute Gasteiger partial charge is 0.361 e. The lowest BCUT2D eigenvalue weighted by Gasteiger charge is -2.07. The van der Waals surface area contributed by atoms with Gasteiger partial charge in [0.15, 0.2) is 0 Å². The highest BCUT2D eigenvalue weighted by atomic mass is 32.2. The number of hydrogen-bond acceptors (Lipinski definition) is 3. The van der Waals surface area contributed by atoms with Crippen molar-refractivity contribution < 1.29 is 8.42 Å². The Bertz CT molecular complexity index is 877. The number of benzene rings is 1. The highest BCUT2D eigenvalue weighted by molar-refractivity contribution is 7.92. The molecule has 6 nitrogen and oxygen atoms in total. The predicted octanol–water partition coefficient (Wildman–Crippen LogP) is 2.75. The molecule has 0 aliphatic rings. The van der Waals surface area contributed by atoms with Gasteiger partial charge in [0.1, 0.15) is 4.90 Å². The van der Waals surface area contributed by atoms with E-state index in [-0.39, 0.29) is 10.9 Å². The lowest BCUT2D eigenvalue weighted by Crippen LogP contribution is -2.12. The van der Waals surface area contributed by atoms with Crippen molar-refractivity contribution in [3.05, 3.63) is 42.9 Å². The van der Waals surface area contributed by atoms with Crippen LogP contribution in [-0.2, 0) is 10.0 Å². The number of aromatic nitrogens is 3. The quantitative estimate of drug-likeness (QED) is 0.777. The molecular weight excluding hydrogens is 288 g/mol. The SMILES string of the molecule is CC(C)n1cc(S(=O)(=O)Nc2cccc3[nH]ccc23)cn1. The molecule has 0 saturated heterocycles. The van der Waals surface area contributed by atoms with Crippen molar-refractivity contribution in [1.29, 1.82) is 0 Å². The van der Waals surface area contributed by atoms with Gasteiger partial charge in [0.2, 0.25) is 0 Å². The molecule has 0 radical (unpaired) electrons. The molecule has 0 aliphatic carbocycles. The fraction of sp³-hybridized carbons (Fsp3) is 0.214. The van der Waals surface area contributed by atoms with Crippen LogP contribution >= 0.6 is 0 Å². The monoisotopic (exact) mass is 304 g/mol. The average Bonchev–Trinajstić information content (AvgIpc) is 3.08. The van der Waals surface area contributed by atoms with Gasteiger partial charge in [0, 0.05) is 29.3 Å². The van der Waals surface area contributed by atoms with Crippen LogP contribution in [0.4, 0.5) is 5.69 Å². The standard InChI is InChI=1S/C14H16N4O2S/c1-10(2)18-9-11(8-16-18)21(19,20)17-14-5-3-4-13-12(14)6-7-15-13/h3-10,15,17H,1-2H3. The van der Waals surface area contributed by atoms with Crippen molar-refractivity contribution >= 4 is 26.6 Å². The highest BCUT2D eigenvalue weighted by Crippen LogP contribution is 2.25. The Kier molecular flexibility index (Phi) is 3.21. The molecule has 0 saturated carbocycles. The molecule has 0 aliphatic heterocycles. The van der Waals surface area contributed by atoms with E-state index in [9.17, 15) is 8.42 Å². The van der Waals surface area contributed by atoms with Crippen LogP contribution in [0.1, 0.15) is 19.9 Å². The number of nitrogens with zero attached hydrogens (tertiary/aromatic N) is 2. The Balaban J connectivity index is 1.97. The van der Waals surface area contributed by atoms with Gasteiger partial charge in [-0.2, -0.15) is 5.10 Å². The summed E-state index contributed by atoms with van der Waals surface area (Å²) < 4.78 is 29.1. The van der Waals surface area contributed by atoms with Gasteiger partial charge in [-0.1, -0.05) is 6.07 Å². The molecule has 2 heterocycles. The third-order valence-electron chi connectivity index (χ3n) is 3.26. The van der Waals surface area contributed by atoms with Gasteiger partial charge in [-0.3, -0.25) is 9.40 Å². The van der Waals surface area contributed by atoms with Crippen LogP contribution in [0.5, 0.6) is 0 Å². The van der Waals surface area contributed by atoms with Crippen molar-refractivity contribution in [3.63, 3.8) is 0 Å². The molecule has 0 spiro atoms. The number of hydrogen-bond donors (Lipinski definition) is 2. The Morgan fingerprint density at radius 2 is 2.10 bits per heavy atom. The maximum Gasteiger partial charge on any atom is 0.265 e. The molecule has 21 heavy (non-hydrogen) atoms. The van der Waals surface area contributed by atoms with Crippen LogP contribution in [0.2, 0.25) is 0 Å². The minimum absolute atomic E-state index is 0.113. The Morgan fingerprint density at radius 1 is 1.29 bits per heavy atom. The van der Waals surface area contributed by atoms with Gasteiger partial charge >= 0.3 is 0 Å². The molecule has 110 valence electrons. The zero-order valence-electron chi connectivity index (χ0n) is 11.7. The van der Waals surface area contributed by atoms with Gasteiger partial charge in [0.05, 0.1) is 11.9 Å². The number of aromatic amines is 1. The molecule has 7 heteroatoms. The minimum Gasteiger partial charge on any atom is -0.361 e. The number of fused-ring (bicyclic) bond motifs is 1. The fourth-order valence-corrected chi connectivity index (χ4v) is 3.14. The molecule has 1 aromatic carbocycles. The normalized spacial score (nSPS) is 12.1. The minimum atomic E-state index is -3.64. The summed E-state index contributed by atoms with van der Waals surface area (Å²) in [6.07, 6.45) is 4.67. The van der Waals surface area contributed by atoms with E-state index >= 15 is 0 Å². The van der Waals surface area contributed by atoms with E-state index in [0.717, 1.165) is 10.9 Å². The zero-order chi connectivity index (χ0) is 15.0. The maximum atomic E-state index is 12.4. The third-order valence-corrected chi connectivity index (χ3v) is 4.58. The summed E-state index contributed by atoms with van der Waals surface area (Å²) in [6, 6.07) is 7.38. The molecule has 0 amide bonds. The van der Waals surface area contributed by atoms with Crippen LogP contribution in [0.15, 0.2) is 47.8 Å². The van der Waals surface area contributed by atoms with Gasteiger partial charge in [-0.25, -0.2) is 8.42 Å². The number of nitrogens with one attached hydrogen (secondary N) is 2. The lowest BCUT2D eigenvalue weighted by molar-refractivity contribution is 0.531. The Hall–Kier alpha value is -2.28. The van der Waals surface area contributed by atoms with E-state index in [4.69, 9.17) is 0 Å². The molecule has 0 unspecified atom stereocenters. The van der Waals surface area contributed by atoms with E-state index in [1.807, 2.05) is 26.0 Å². The first-order chi connectivity index (χ1) is 9.97. The molecule has 0 atom stereocenters.